The van der Waals surface area contributed by atoms with Crippen molar-refractivity contribution in [2.45, 2.75) is 26.8 Å². The number of carbonyl (C=O) groups excluding carboxylic acids is 1. The van der Waals surface area contributed by atoms with E-state index in [0.717, 1.165) is 5.56 Å². The number of amides is 1. The maximum Gasteiger partial charge on any atom is 0.267 e. The van der Waals surface area contributed by atoms with Crippen LogP contribution < -0.4 is 15.4 Å². The Balaban J connectivity index is 2.92. The number of nitrogens with zero attached hydrogens (tertiary/aromatic N) is 1. The normalized spacial score (nSPS) is 10.9. The highest BCUT2D eigenvalue weighted by atomic mass is 16.5. The Bertz CT molecular complexity index is 557. The Morgan fingerprint density at radius 1 is 1.45 bits per heavy atom. The molecule has 0 unspecified atom stereocenters. The third-order valence-electron chi connectivity index (χ3n) is 2.53. The number of benzene rings is 1. The van der Waals surface area contributed by atoms with Crippen molar-refractivity contribution in [3.05, 3.63) is 35.5 Å². The molecule has 0 heterocycles. The van der Waals surface area contributed by atoms with Crippen LogP contribution in [0.25, 0.3) is 0 Å². The topological polar surface area (TPSA) is 74.1 Å². The van der Waals surface area contributed by atoms with Gasteiger partial charge >= 0.3 is 0 Å². The Morgan fingerprint density at radius 3 is 2.70 bits per heavy atom. The number of rotatable bonds is 5. The third-order valence-corrected chi connectivity index (χ3v) is 2.53. The van der Waals surface area contributed by atoms with Crippen LogP contribution in [0.4, 0.5) is 5.69 Å². The molecule has 0 fully saturated rings. The Kier molecular flexibility index (Phi) is 5.60. The molecule has 2 N–H and O–H groups in total. The predicted octanol–water partition coefficient (Wildman–Crippen LogP) is 2.35. The first-order valence-corrected chi connectivity index (χ1v) is 6.30. The molecule has 0 saturated carbocycles. The maximum atomic E-state index is 12.0. The van der Waals surface area contributed by atoms with Crippen LogP contribution in [0.2, 0.25) is 0 Å². The number of anilines is 1. The molecule has 0 radical (unpaired) electrons. The van der Waals surface area contributed by atoms with Gasteiger partial charge in [-0.25, -0.2) is 0 Å². The van der Waals surface area contributed by atoms with E-state index in [1.54, 1.807) is 12.1 Å². The van der Waals surface area contributed by atoms with E-state index >= 15 is 0 Å². The number of carbonyl (C=O) groups is 1. The minimum Gasteiger partial charge on any atom is -0.495 e. The SMILES string of the molecule is COc1ccc(C)cc1NC(=O)/C(C#N)=C\NC(C)C. The van der Waals surface area contributed by atoms with Gasteiger partial charge in [-0.1, -0.05) is 6.07 Å². The van der Waals surface area contributed by atoms with Gasteiger partial charge in [0.1, 0.15) is 17.4 Å². The van der Waals surface area contributed by atoms with Gasteiger partial charge < -0.3 is 15.4 Å². The average Bonchev–Trinajstić information content (AvgIpc) is 2.39. The van der Waals surface area contributed by atoms with E-state index in [2.05, 4.69) is 10.6 Å². The zero-order valence-electron chi connectivity index (χ0n) is 12.2. The summed E-state index contributed by atoms with van der Waals surface area (Å²) in [6.45, 7) is 5.76. The molecule has 1 amide bonds. The molecule has 5 heteroatoms. The molecule has 0 saturated heterocycles. The summed E-state index contributed by atoms with van der Waals surface area (Å²) >= 11 is 0. The highest BCUT2D eigenvalue weighted by Gasteiger charge is 2.12. The van der Waals surface area contributed by atoms with Crippen LogP contribution in [0.5, 0.6) is 5.75 Å². The van der Waals surface area contributed by atoms with Crippen molar-refractivity contribution in [3.8, 4) is 11.8 Å². The molecule has 1 aromatic rings. The van der Waals surface area contributed by atoms with E-state index in [0.29, 0.717) is 11.4 Å². The summed E-state index contributed by atoms with van der Waals surface area (Å²) in [6, 6.07) is 7.48. The lowest BCUT2D eigenvalue weighted by atomic mass is 10.2. The summed E-state index contributed by atoms with van der Waals surface area (Å²) in [6.07, 6.45) is 1.42. The van der Waals surface area contributed by atoms with Gasteiger partial charge in [0.25, 0.3) is 5.91 Å². The first kappa shape index (κ1) is 15.6. The fraction of sp³-hybridized carbons (Fsp3) is 0.333. The molecule has 0 spiro atoms. The Morgan fingerprint density at radius 2 is 2.15 bits per heavy atom. The molecule has 1 aromatic carbocycles. The van der Waals surface area contributed by atoms with E-state index in [4.69, 9.17) is 10.00 Å². The fourth-order valence-corrected chi connectivity index (χ4v) is 1.51. The second-order valence-electron chi connectivity index (χ2n) is 4.65. The van der Waals surface area contributed by atoms with E-state index in [9.17, 15) is 4.79 Å². The maximum absolute atomic E-state index is 12.0. The summed E-state index contributed by atoms with van der Waals surface area (Å²) in [7, 11) is 1.53. The van der Waals surface area contributed by atoms with Crippen LogP contribution in [0.3, 0.4) is 0 Å². The number of methoxy groups -OCH3 is 1. The summed E-state index contributed by atoms with van der Waals surface area (Å²) in [5.74, 6) is 0.0857. The van der Waals surface area contributed by atoms with Crippen molar-refractivity contribution < 1.29 is 9.53 Å². The van der Waals surface area contributed by atoms with Crippen molar-refractivity contribution in [1.29, 1.82) is 5.26 Å². The van der Waals surface area contributed by atoms with Crippen LogP contribution in [0.15, 0.2) is 30.0 Å². The van der Waals surface area contributed by atoms with Gasteiger partial charge in [0.05, 0.1) is 12.8 Å². The molecule has 20 heavy (non-hydrogen) atoms. The van der Waals surface area contributed by atoms with E-state index < -0.39 is 5.91 Å². The standard InChI is InChI=1S/C15H19N3O2/c1-10(2)17-9-12(8-16)15(19)18-13-7-11(3)5-6-14(13)20-4/h5-7,9-10,17H,1-4H3,(H,18,19)/b12-9-. The number of aryl methyl sites for hydroxylation is 1. The van der Waals surface area contributed by atoms with Gasteiger partial charge in [-0.15, -0.1) is 0 Å². The first-order chi connectivity index (χ1) is 9.47. The average molecular weight is 273 g/mol. The second-order valence-corrected chi connectivity index (χ2v) is 4.65. The minimum atomic E-state index is -0.468. The zero-order chi connectivity index (χ0) is 15.1. The van der Waals surface area contributed by atoms with Crippen molar-refractivity contribution in [1.82, 2.24) is 5.32 Å². The second kappa shape index (κ2) is 7.19. The molecule has 5 nitrogen and oxygen atoms in total. The lowest BCUT2D eigenvalue weighted by molar-refractivity contribution is -0.112. The molecule has 0 atom stereocenters. The number of nitriles is 1. The Hall–Kier alpha value is -2.48. The van der Waals surface area contributed by atoms with Crippen LogP contribution in [0, 0.1) is 18.3 Å². The van der Waals surface area contributed by atoms with E-state index in [-0.39, 0.29) is 11.6 Å². The molecule has 0 aliphatic carbocycles. The highest BCUT2D eigenvalue weighted by Crippen LogP contribution is 2.25. The minimum absolute atomic E-state index is 0.0160. The Labute approximate surface area is 119 Å². The highest BCUT2D eigenvalue weighted by molar-refractivity contribution is 6.07. The zero-order valence-corrected chi connectivity index (χ0v) is 12.2. The third kappa shape index (κ3) is 4.32. The van der Waals surface area contributed by atoms with Gasteiger partial charge in [-0.2, -0.15) is 5.26 Å². The van der Waals surface area contributed by atoms with Crippen LogP contribution in [-0.2, 0) is 4.79 Å². The fourth-order valence-electron chi connectivity index (χ4n) is 1.51. The monoisotopic (exact) mass is 273 g/mol. The molecule has 0 aliphatic rings. The number of ether oxygens (including phenoxy) is 1. The van der Waals surface area contributed by atoms with Crippen molar-refractivity contribution in [2.24, 2.45) is 0 Å². The van der Waals surface area contributed by atoms with Gasteiger partial charge in [0.2, 0.25) is 0 Å². The quantitative estimate of drug-likeness (QED) is 0.638. The lowest BCUT2D eigenvalue weighted by Gasteiger charge is -2.11. The summed E-state index contributed by atoms with van der Waals surface area (Å²) in [5, 5.41) is 14.6. The molecule has 0 aromatic heterocycles. The van der Waals surface area contributed by atoms with Gasteiger partial charge in [0, 0.05) is 12.2 Å². The summed E-state index contributed by atoms with van der Waals surface area (Å²) in [5.41, 5.74) is 1.55. The van der Waals surface area contributed by atoms with E-state index in [1.807, 2.05) is 32.9 Å². The van der Waals surface area contributed by atoms with Crippen molar-refractivity contribution >= 4 is 11.6 Å². The van der Waals surface area contributed by atoms with Gasteiger partial charge in [0.15, 0.2) is 0 Å². The van der Waals surface area contributed by atoms with Crippen LogP contribution in [0.1, 0.15) is 19.4 Å². The smallest absolute Gasteiger partial charge is 0.267 e. The molecular formula is C15H19N3O2. The lowest BCUT2D eigenvalue weighted by Crippen LogP contribution is -2.20. The first-order valence-electron chi connectivity index (χ1n) is 6.30. The predicted molar refractivity (Wildman–Crippen MR) is 78.3 cm³/mol. The number of hydrogen-bond donors (Lipinski definition) is 2. The van der Waals surface area contributed by atoms with Crippen molar-refractivity contribution in [3.63, 3.8) is 0 Å². The molecular weight excluding hydrogens is 254 g/mol. The van der Waals surface area contributed by atoms with Crippen LogP contribution >= 0.6 is 0 Å². The summed E-state index contributed by atoms with van der Waals surface area (Å²) in [4.78, 5) is 12.0. The number of nitrogens with one attached hydrogen (secondary N) is 2. The number of hydrogen-bond acceptors (Lipinski definition) is 4. The van der Waals surface area contributed by atoms with Gasteiger partial charge in [-0.05, 0) is 38.5 Å². The largest absolute Gasteiger partial charge is 0.495 e. The molecule has 0 aliphatic heterocycles. The molecule has 106 valence electrons. The molecule has 0 bridgehead atoms. The summed E-state index contributed by atoms with van der Waals surface area (Å²) < 4.78 is 5.18. The van der Waals surface area contributed by atoms with Crippen LogP contribution in [-0.4, -0.2) is 19.1 Å². The van der Waals surface area contributed by atoms with Crippen molar-refractivity contribution in [2.75, 3.05) is 12.4 Å². The van der Waals surface area contributed by atoms with E-state index in [1.165, 1.54) is 13.3 Å². The van der Waals surface area contributed by atoms with Gasteiger partial charge in [-0.3, -0.25) is 4.79 Å². The molecule has 1 rings (SSSR count).